The maximum absolute atomic E-state index is 13.2. The van der Waals surface area contributed by atoms with E-state index in [0.717, 1.165) is 89.9 Å². The molecular weight excluding hydrogens is 979 g/mol. The van der Waals surface area contributed by atoms with E-state index in [9.17, 15) is 45.6 Å². The predicted molar refractivity (Wildman–Crippen MR) is 309 cm³/mol. The Morgan fingerprint density at radius 2 is 0.909 bits per heavy atom. The molecule has 14 nitrogen and oxygen atoms in total. The summed E-state index contributed by atoms with van der Waals surface area (Å²) in [6.07, 6.45) is 50.1. The highest BCUT2D eigenvalue weighted by atomic mass is 16.7. The Balaban J connectivity index is 1.65. The van der Waals surface area contributed by atoms with E-state index in [0.29, 0.717) is 12.8 Å². The van der Waals surface area contributed by atoms with E-state index in [4.69, 9.17) is 18.9 Å². The average molecular weight is 1080 g/mol. The minimum atomic E-state index is -1.79. The maximum atomic E-state index is 13.2. The summed E-state index contributed by atoms with van der Waals surface area (Å²) in [6, 6.07) is -0.938. The largest absolute Gasteiger partial charge is 0.394 e. The summed E-state index contributed by atoms with van der Waals surface area (Å²) in [5, 5.41) is 86.8. The minimum Gasteiger partial charge on any atom is -0.394 e. The first-order chi connectivity index (χ1) is 37.6. The van der Waals surface area contributed by atoms with E-state index in [1.807, 2.05) is 6.08 Å². The number of hydrogen-bond acceptors (Lipinski definition) is 13. The molecule has 1 amide bonds. The van der Waals surface area contributed by atoms with Gasteiger partial charge in [-0.2, -0.15) is 0 Å². The van der Waals surface area contributed by atoms with Gasteiger partial charge in [-0.25, -0.2) is 0 Å². The third-order valence-corrected chi connectivity index (χ3v) is 13.7. The number of rotatable bonds is 45. The van der Waals surface area contributed by atoms with Gasteiger partial charge >= 0.3 is 0 Å². The van der Waals surface area contributed by atoms with Crippen LogP contribution in [0.4, 0.5) is 0 Å². The monoisotopic (exact) mass is 1080 g/mol. The molecule has 77 heavy (non-hydrogen) atoms. The zero-order chi connectivity index (χ0) is 56.0. The second-order valence-corrected chi connectivity index (χ2v) is 20.4. The predicted octanol–water partition coefficient (Wildman–Crippen LogP) is 10.1. The minimum absolute atomic E-state index is 0.260. The van der Waals surface area contributed by atoms with Crippen molar-refractivity contribution in [1.29, 1.82) is 0 Å². The van der Waals surface area contributed by atoms with E-state index in [2.05, 4.69) is 116 Å². The SMILES string of the molecule is CC/C=C\C/C=C\C/C=C\C/C=C\C/C=C\C/C=C\C/C=C\CCCCCCCCCCCCCC(=O)NC(COC1OC(CO)C(OC2OC(CO)C(O)C(O)C2O)C(O)C1O)C(O)/C=C/CC/C=C/CCCCCC. The molecule has 2 aliphatic rings. The number of unbranched alkanes of at least 4 members (excludes halogenated alkanes) is 16. The molecule has 0 bridgehead atoms. The van der Waals surface area contributed by atoms with Crippen molar-refractivity contribution >= 4 is 5.91 Å². The first kappa shape index (κ1) is 69.8. The van der Waals surface area contributed by atoms with Gasteiger partial charge in [-0.3, -0.25) is 4.79 Å². The number of nitrogens with one attached hydrogen (secondary N) is 1. The number of carbonyl (C=O) groups excluding carboxylic acids is 1. The van der Waals surface area contributed by atoms with Gasteiger partial charge in [0, 0.05) is 6.42 Å². The number of hydrogen-bond donors (Lipinski definition) is 9. The van der Waals surface area contributed by atoms with Gasteiger partial charge in [0.25, 0.3) is 0 Å². The summed E-state index contributed by atoms with van der Waals surface area (Å²) in [5.41, 5.74) is 0. The van der Waals surface area contributed by atoms with Crippen molar-refractivity contribution in [2.75, 3.05) is 19.8 Å². The molecule has 2 heterocycles. The summed E-state index contributed by atoms with van der Waals surface area (Å²) >= 11 is 0. The molecule has 12 atom stereocenters. The molecule has 2 saturated heterocycles. The van der Waals surface area contributed by atoms with Crippen molar-refractivity contribution in [3.8, 4) is 0 Å². The number of ether oxygens (including phenoxy) is 4. The number of aliphatic hydroxyl groups excluding tert-OH is 8. The molecule has 2 aliphatic heterocycles. The van der Waals surface area contributed by atoms with Crippen molar-refractivity contribution in [1.82, 2.24) is 5.32 Å². The second kappa shape index (κ2) is 47.5. The van der Waals surface area contributed by atoms with Gasteiger partial charge in [0.15, 0.2) is 12.6 Å². The van der Waals surface area contributed by atoms with E-state index >= 15 is 0 Å². The van der Waals surface area contributed by atoms with Gasteiger partial charge in [-0.15, -0.1) is 0 Å². The molecule has 0 aromatic carbocycles. The van der Waals surface area contributed by atoms with Gasteiger partial charge in [-0.05, 0) is 89.9 Å². The van der Waals surface area contributed by atoms with Crippen molar-refractivity contribution < 1.29 is 64.6 Å². The molecule has 0 spiro atoms. The zero-order valence-corrected chi connectivity index (χ0v) is 47.2. The summed E-state index contributed by atoms with van der Waals surface area (Å²) in [6.45, 7) is 2.59. The number of aliphatic hydroxyl groups is 8. The number of amides is 1. The number of carbonyl (C=O) groups is 1. The molecule has 0 radical (unpaired) electrons. The van der Waals surface area contributed by atoms with Crippen LogP contribution in [0.2, 0.25) is 0 Å². The Hall–Kier alpha value is -3.35. The summed E-state index contributed by atoms with van der Waals surface area (Å²) in [5.74, 6) is -0.260. The average Bonchev–Trinajstić information content (AvgIpc) is 3.45. The van der Waals surface area contributed by atoms with Gasteiger partial charge < -0.3 is 65.1 Å². The Morgan fingerprint density at radius 1 is 0.481 bits per heavy atom. The lowest BCUT2D eigenvalue weighted by molar-refractivity contribution is -0.359. The molecule has 0 aliphatic carbocycles. The Labute approximate surface area is 464 Å². The molecule has 0 aromatic heterocycles. The van der Waals surface area contributed by atoms with Crippen molar-refractivity contribution in [3.63, 3.8) is 0 Å². The highest BCUT2D eigenvalue weighted by Crippen LogP contribution is 2.30. The maximum Gasteiger partial charge on any atom is 0.220 e. The molecule has 0 aromatic rings. The quantitative estimate of drug-likeness (QED) is 0.0205. The molecule has 440 valence electrons. The Kier molecular flexibility index (Phi) is 43.0. The fraction of sp³-hybridized carbons (Fsp3) is 0.698. The normalized spacial score (nSPS) is 25.5. The third-order valence-electron chi connectivity index (χ3n) is 13.7. The third kappa shape index (κ3) is 33.1. The van der Waals surface area contributed by atoms with Crippen LogP contribution in [-0.2, 0) is 23.7 Å². The lowest BCUT2D eigenvalue weighted by Gasteiger charge is -2.46. The lowest BCUT2D eigenvalue weighted by Crippen LogP contribution is -2.65. The topological polar surface area (TPSA) is 228 Å². The summed E-state index contributed by atoms with van der Waals surface area (Å²) < 4.78 is 22.7. The van der Waals surface area contributed by atoms with Gasteiger partial charge in [0.05, 0.1) is 32.0 Å². The second-order valence-electron chi connectivity index (χ2n) is 20.4. The molecule has 9 N–H and O–H groups in total. The lowest BCUT2D eigenvalue weighted by atomic mass is 9.97. The van der Waals surface area contributed by atoms with Crippen LogP contribution in [0.3, 0.4) is 0 Å². The highest BCUT2D eigenvalue weighted by molar-refractivity contribution is 5.76. The van der Waals surface area contributed by atoms with Crippen LogP contribution in [0.5, 0.6) is 0 Å². The van der Waals surface area contributed by atoms with E-state index in [-0.39, 0.29) is 18.9 Å². The van der Waals surface area contributed by atoms with E-state index in [1.54, 1.807) is 6.08 Å². The van der Waals surface area contributed by atoms with Crippen LogP contribution >= 0.6 is 0 Å². The standard InChI is InChI=1S/C63H105NO13/c1-3-5-7-9-11-13-15-16-17-18-19-20-21-22-23-24-25-26-27-28-29-30-31-32-33-34-35-36-37-39-41-43-45-47-55(68)64-51(52(67)46-44-42-40-38-14-12-10-8-6-4-2)50-74-62-60(73)58(71)61(54(49-66)76-62)77-63-59(72)57(70)56(69)53(48-65)75-63/h5,7,11,13-14,16-17,19-20,22-23,25-26,28-29,38,44,46,51-54,56-63,65-67,69-73H,3-4,6,8-10,12,15,18,21,24,27,30-37,39-43,45,47-50H2,1-2H3,(H,64,68)/b7-5-,13-11-,17-16-,20-19-,23-22-,26-25-,29-28-,38-14+,46-44+. The Bertz CT molecular complexity index is 1700. The van der Waals surface area contributed by atoms with E-state index in [1.165, 1.54) is 64.2 Å². The summed E-state index contributed by atoms with van der Waals surface area (Å²) in [4.78, 5) is 13.2. The van der Waals surface area contributed by atoms with Crippen LogP contribution in [0.15, 0.2) is 109 Å². The molecular formula is C63H105NO13. The Morgan fingerprint density at radius 3 is 1.43 bits per heavy atom. The van der Waals surface area contributed by atoms with Crippen LogP contribution in [-0.4, -0.2) is 140 Å². The van der Waals surface area contributed by atoms with Crippen molar-refractivity contribution in [2.24, 2.45) is 0 Å². The fourth-order valence-corrected chi connectivity index (χ4v) is 8.93. The smallest absolute Gasteiger partial charge is 0.220 e. The van der Waals surface area contributed by atoms with Gasteiger partial charge in [0.2, 0.25) is 5.91 Å². The van der Waals surface area contributed by atoms with Crippen LogP contribution in [0.1, 0.15) is 187 Å². The fourth-order valence-electron chi connectivity index (χ4n) is 8.93. The van der Waals surface area contributed by atoms with Crippen LogP contribution < -0.4 is 5.32 Å². The van der Waals surface area contributed by atoms with Crippen LogP contribution in [0.25, 0.3) is 0 Å². The molecule has 2 fully saturated rings. The zero-order valence-electron chi connectivity index (χ0n) is 47.2. The molecule has 2 rings (SSSR count). The first-order valence-electron chi connectivity index (χ1n) is 29.6. The molecule has 0 saturated carbocycles. The van der Waals surface area contributed by atoms with Gasteiger partial charge in [0.1, 0.15) is 48.8 Å². The summed E-state index contributed by atoms with van der Waals surface area (Å²) in [7, 11) is 0. The van der Waals surface area contributed by atoms with Crippen LogP contribution in [0, 0.1) is 0 Å². The van der Waals surface area contributed by atoms with Crippen molar-refractivity contribution in [3.05, 3.63) is 109 Å². The van der Waals surface area contributed by atoms with Gasteiger partial charge in [-0.1, -0.05) is 200 Å². The highest BCUT2D eigenvalue weighted by Gasteiger charge is 2.51. The molecule has 12 unspecified atom stereocenters. The number of allylic oxidation sites excluding steroid dienone is 17. The van der Waals surface area contributed by atoms with E-state index < -0.39 is 86.8 Å². The first-order valence-corrected chi connectivity index (χ1v) is 29.6. The molecule has 14 heteroatoms. The van der Waals surface area contributed by atoms with Crippen molar-refractivity contribution in [2.45, 2.75) is 261 Å².